The van der Waals surface area contributed by atoms with Crippen LogP contribution in [0.5, 0.6) is 0 Å². The first kappa shape index (κ1) is 20.6. The molecule has 144 valence electrons. The predicted molar refractivity (Wildman–Crippen MR) is 105 cm³/mol. The number of carbonyl (C=O) groups excluding carboxylic acids is 3. The molecule has 0 fully saturated rings. The summed E-state index contributed by atoms with van der Waals surface area (Å²) >= 11 is 1.43. The molecule has 0 saturated carbocycles. The van der Waals surface area contributed by atoms with Gasteiger partial charge in [0, 0.05) is 17.5 Å². The van der Waals surface area contributed by atoms with Gasteiger partial charge < -0.3 is 15.4 Å². The molecule has 0 aliphatic heterocycles. The summed E-state index contributed by atoms with van der Waals surface area (Å²) < 4.78 is 4.95. The van der Waals surface area contributed by atoms with Crippen molar-refractivity contribution in [2.45, 2.75) is 32.7 Å². The van der Waals surface area contributed by atoms with E-state index in [2.05, 4.69) is 17.6 Å². The molecule has 1 atom stereocenters. The summed E-state index contributed by atoms with van der Waals surface area (Å²) in [6.45, 7) is 3.78. The molecule has 1 heterocycles. The Balaban J connectivity index is 1.65. The Morgan fingerprint density at radius 3 is 2.52 bits per heavy atom. The van der Waals surface area contributed by atoms with Crippen LogP contribution in [0.3, 0.4) is 0 Å². The smallest absolute Gasteiger partial charge is 0.308 e. The number of esters is 1. The summed E-state index contributed by atoms with van der Waals surface area (Å²) in [4.78, 5) is 35.4. The molecule has 0 spiro atoms. The average Bonchev–Trinajstić information content (AvgIpc) is 3.21. The van der Waals surface area contributed by atoms with Gasteiger partial charge >= 0.3 is 5.97 Å². The van der Waals surface area contributed by atoms with Crippen molar-refractivity contribution in [2.24, 2.45) is 0 Å². The Kier molecular flexibility index (Phi) is 8.00. The number of carbonyl (C=O) groups is 3. The van der Waals surface area contributed by atoms with Crippen molar-refractivity contribution < 1.29 is 19.1 Å². The molecule has 7 heteroatoms. The summed E-state index contributed by atoms with van der Waals surface area (Å²) in [7, 11) is 0. The highest BCUT2D eigenvalue weighted by atomic mass is 32.1. The van der Waals surface area contributed by atoms with Crippen LogP contribution in [0.2, 0.25) is 0 Å². The number of aryl methyl sites for hydroxylation is 1. The minimum atomic E-state index is -0.532. The molecule has 1 unspecified atom stereocenters. The first-order valence-corrected chi connectivity index (χ1v) is 9.78. The number of benzene rings is 1. The van der Waals surface area contributed by atoms with E-state index in [4.69, 9.17) is 4.74 Å². The van der Waals surface area contributed by atoms with Crippen LogP contribution in [-0.4, -0.2) is 30.9 Å². The molecular formula is C20H24N2O4S. The van der Waals surface area contributed by atoms with Gasteiger partial charge in [0.25, 0.3) is 11.8 Å². The van der Waals surface area contributed by atoms with Gasteiger partial charge in [0.05, 0.1) is 12.5 Å². The molecule has 0 radical (unpaired) electrons. The Hall–Kier alpha value is -2.67. The molecule has 27 heavy (non-hydrogen) atoms. The molecule has 2 rings (SSSR count). The van der Waals surface area contributed by atoms with Crippen molar-refractivity contribution in [2.75, 3.05) is 13.2 Å². The highest BCUT2D eigenvalue weighted by Crippen LogP contribution is 2.13. The fourth-order valence-electron chi connectivity index (χ4n) is 2.40. The molecule has 1 aromatic carbocycles. The van der Waals surface area contributed by atoms with Crippen molar-refractivity contribution in [1.82, 2.24) is 10.6 Å². The Labute approximate surface area is 162 Å². The zero-order valence-corrected chi connectivity index (χ0v) is 16.3. The van der Waals surface area contributed by atoms with Crippen molar-refractivity contribution >= 4 is 29.1 Å². The molecule has 2 aromatic rings. The molecule has 2 N–H and O–H groups in total. The van der Waals surface area contributed by atoms with Gasteiger partial charge in [-0.05, 0) is 35.9 Å². The minimum Gasteiger partial charge on any atom is -0.456 e. The Morgan fingerprint density at radius 1 is 1.15 bits per heavy atom. The number of amides is 2. The van der Waals surface area contributed by atoms with Crippen LogP contribution in [0.25, 0.3) is 0 Å². The number of ether oxygens (including phenoxy) is 1. The highest BCUT2D eigenvalue weighted by molar-refractivity contribution is 7.08. The van der Waals surface area contributed by atoms with Gasteiger partial charge in [0.1, 0.15) is 0 Å². The van der Waals surface area contributed by atoms with E-state index in [-0.39, 0.29) is 37.4 Å². The van der Waals surface area contributed by atoms with Crippen LogP contribution in [0.4, 0.5) is 0 Å². The SMILES string of the molecule is CCc1ccc(C(C)NC(=O)COC(=O)CCNC(=O)c2ccsc2)cc1. The van der Waals surface area contributed by atoms with Gasteiger partial charge in [-0.25, -0.2) is 0 Å². The van der Waals surface area contributed by atoms with Gasteiger partial charge in [-0.15, -0.1) is 0 Å². The Morgan fingerprint density at radius 2 is 1.89 bits per heavy atom. The monoisotopic (exact) mass is 388 g/mol. The Bertz CT molecular complexity index is 757. The molecule has 2 amide bonds. The highest BCUT2D eigenvalue weighted by Gasteiger charge is 2.12. The number of rotatable bonds is 9. The van der Waals surface area contributed by atoms with E-state index in [1.807, 2.05) is 31.2 Å². The van der Waals surface area contributed by atoms with Crippen LogP contribution in [0, 0.1) is 0 Å². The van der Waals surface area contributed by atoms with Crippen LogP contribution < -0.4 is 10.6 Å². The van der Waals surface area contributed by atoms with Gasteiger partial charge in [-0.2, -0.15) is 11.3 Å². The van der Waals surface area contributed by atoms with Gasteiger partial charge in [-0.3, -0.25) is 14.4 Å². The summed E-state index contributed by atoms with van der Waals surface area (Å²) in [5.74, 6) is -1.13. The number of nitrogens with one attached hydrogen (secondary N) is 2. The van der Waals surface area contributed by atoms with E-state index in [9.17, 15) is 14.4 Å². The third-order valence-electron chi connectivity index (χ3n) is 4.03. The topological polar surface area (TPSA) is 84.5 Å². The van der Waals surface area contributed by atoms with Crippen LogP contribution in [0.15, 0.2) is 41.1 Å². The quantitative estimate of drug-likeness (QED) is 0.647. The zero-order chi connectivity index (χ0) is 19.6. The lowest BCUT2D eigenvalue weighted by Gasteiger charge is -2.15. The number of hydrogen-bond acceptors (Lipinski definition) is 5. The van der Waals surface area contributed by atoms with Crippen LogP contribution in [-0.2, 0) is 20.7 Å². The summed E-state index contributed by atoms with van der Waals surface area (Å²) in [6, 6.07) is 9.55. The molecule has 0 saturated heterocycles. The van der Waals surface area contributed by atoms with E-state index in [1.165, 1.54) is 16.9 Å². The van der Waals surface area contributed by atoms with Crippen LogP contribution >= 0.6 is 11.3 Å². The predicted octanol–water partition coefficient (Wildman–Crippen LogP) is 2.85. The van der Waals surface area contributed by atoms with Crippen molar-refractivity contribution in [3.8, 4) is 0 Å². The minimum absolute atomic E-state index is 0.0111. The lowest BCUT2D eigenvalue weighted by Crippen LogP contribution is -2.32. The molecular weight excluding hydrogens is 364 g/mol. The average molecular weight is 388 g/mol. The second-order valence-electron chi connectivity index (χ2n) is 6.06. The molecule has 0 bridgehead atoms. The second-order valence-corrected chi connectivity index (χ2v) is 6.84. The molecule has 1 aromatic heterocycles. The summed E-state index contributed by atoms with van der Waals surface area (Å²) in [5.41, 5.74) is 2.79. The molecule has 0 aliphatic carbocycles. The summed E-state index contributed by atoms with van der Waals surface area (Å²) in [6.07, 6.45) is 0.974. The standard InChI is InChI=1S/C20H24N2O4S/c1-3-15-4-6-16(7-5-15)14(2)22-18(23)12-26-19(24)8-10-21-20(25)17-9-11-27-13-17/h4-7,9,11,13-14H,3,8,10,12H2,1-2H3,(H,21,25)(H,22,23). The van der Waals surface area contributed by atoms with Crippen LogP contribution in [0.1, 0.15) is 47.8 Å². The van der Waals surface area contributed by atoms with E-state index >= 15 is 0 Å². The van der Waals surface area contributed by atoms with Crippen molar-refractivity contribution in [3.05, 3.63) is 57.8 Å². The first-order chi connectivity index (χ1) is 13.0. The number of thiophene rings is 1. The maximum Gasteiger partial charge on any atom is 0.308 e. The second kappa shape index (κ2) is 10.5. The van der Waals surface area contributed by atoms with E-state index in [0.717, 1.165) is 12.0 Å². The van der Waals surface area contributed by atoms with Gasteiger partial charge in [0.2, 0.25) is 0 Å². The van der Waals surface area contributed by atoms with Crippen molar-refractivity contribution in [3.63, 3.8) is 0 Å². The van der Waals surface area contributed by atoms with Crippen molar-refractivity contribution in [1.29, 1.82) is 0 Å². The fraction of sp³-hybridized carbons (Fsp3) is 0.350. The third kappa shape index (κ3) is 6.86. The van der Waals surface area contributed by atoms with Gasteiger partial charge in [0.15, 0.2) is 6.61 Å². The lowest BCUT2D eigenvalue weighted by atomic mass is 10.1. The van der Waals surface area contributed by atoms with E-state index < -0.39 is 5.97 Å². The normalized spacial score (nSPS) is 11.5. The first-order valence-electron chi connectivity index (χ1n) is 8.83. The van der Waals surface area contributed by atoms with E-state index in [1.54, 1.807) is 16.8 Å². The number of hydrogen-bond donors (Lipinski definition) is 2. The molecule has 6 nitrogen and oxygen atoms in total. The van der Waals surface area contributed by atoms with E-state index in [0.29, 0.717) is 5.56 Å². The maximum atomic E-state index is 11.9. The molecule has 0 aliphatic rings. The lowest BCUT2D eigenvalue weighted by molar-refractivity contribution is -0.148. The summed E-state index contributed by atoms with van der Waals surface area (Å²) in [5, 5.41) is 8.97. The zero-order valence-electron chi connectivity index (χ0n) is 15.5. The fourth-order valence-corrected chi connectivity index (χ4v) is 3.04. The third-order valence-corrected chi connectivity index (χ3v) is 4.71. The largest absolute Gasteiger partial charge is 0.456 e. The maximum absolute atomic E-state index is 11.9. The van der Waals surface area contributed by atoms with Gasteiger partial charge in [-0.1, -0.05) is 31.2 Å².